The van der Waals surface area contributed by atoms with Crippen LogP contribution in [0.2, 0.25) is 0 Å². The number of ether oxygens (including phenoxy) is 2. The Balaban J connectivity index is 1.47. The fourth-order valence-electron chi connectivity index (χ4n) is 4.32. The van der Waals surface area contributed by atoms with Gasteiger partial charge in [0.2, 0.25) is 11.7 Å². The normalized spacial score (nSPS) is 16.4. The fourth-order valence-corrected chi connectivity index (χ4v) is 4.32. The number of aromatic amines is 1. The number of methoxy groups -OCH3 is 1. The smallest absolute Gasteiger partial charge is 0.289 e. The zero-order valence-electron chi connectivity index (χ0n) is 19.8. The summed E-state index contributed by atoms with van der Waals surface area (Å²) in [5.41, 5.74) is 2.12. The van der Waals surface area contributed by atoms with Crippen molar-refractivity contribution in [1.29, 1.82) is 0 Å². The minimum atomic E-state index is -0.534. The predicted octanol–water partition coefficient (Wildman–Crippen LogP) is 3.30. The van der Waals surface area contributed by atoms with Gasteiger partial charge in [-0.25, -0.2) is 14.4 Å². The Morgan fingerprint density at radius 2 is 1.94 bits per heavy atom. The van der Waals surface area contributed by atoms with Crippen molar-refractivity contribution >= 4 is 22.8 Å². The minimum Gasteiger partial charge on any atom is -0.494 e. The lowest BCUT2D eigenvalue weighted by Gasteiger charge is -2.31. The van der Waals surface area contributed by atoms with E-state index in [0.717, 1.165) is 12.8 Å². The molecule has 0 spiro atoms. The highest BCUT2D eigenvalue weighted by Crippen LogP contribution is 2.39. The summed E-state index contributed by atoms with van der Waals surface area (Å²) < 4.78 is 25.7. The molecular weight excluding hydrogens is 453 g/mol. The van der Waals surface area contributed by atoms with Gasteiger partial charge in [-0.2, -0.15) is 0 Å². The van der Waals surface area contributed by atoms with Gasteiger partial charge in [-0.1, -0.05) is 0 Å². The molecule has 9 nitrogen and oxygen atoms in total. The van der Waals surface area contributed by atoms with Gasteiger partial charge in [0.25, 0.3) is 5.91 Å². The van der Waals surface area contributed by atoms with E-state index in [4.69, 9.17) is 9.47 Å². The molecule has 3 heterocycles. The Morgan fingerprint density at radius 3 is 2.63 bits per heavy atom. The summed E-state index contributed by atoms with van der Waals surface area (Å²) in [6.45, 7) is 3.23. The highest BCUT2D eigenvalue weighted by Gasteiger charge is 2.27. The van der Waals surface area contributed by atoms with Gasteiger partial charge in [-0.05, 0) is 43.7 Å². The monoisotopic (exact) mass is 481 g/mol. The highest BCUT2D eigenvalue weighted by atomic mass is 19.1. The third-order valence-corrected chi connectivity index (χ3v) is 6.57. The maximum Gasteiger partial charge on any atom is 0.289 e. The SMILES string of the molecule is COc1cc(-c2nc(C(=O)NC3CCN(C(C)=O)CC3)nc3cc[nH]c23)c(OCC2CC2)cc1F. The van der Waals surface area contributed by atoms with Crippen LogP contribution >= 0.6 is 0 Å². The van der Waals surface area contributed by atoms with E-state index >= 15 is 0 Å². The van der Waals surface area contributed by atoms with Crippen molar-refractivity contribution < 1.29 is 23.5 Å². The third-order valence-electron chi connectivity index (χ3n) is 6.57. The van der Waals surface area contributed by atoms with Crippen LogP contribution in [0.25, 0.3) is 22.3 Å². The standard InChI is InChI=1S/C25H28FN5O4/c1-14(32)31-9-6-16(7-10-31)28-25(33)24-29-19-5-8-27-23(19)22(30-24)17-11-21(34-2)18(26)12-20(17)35-13-15-3-4-15/h5,8,11-12,15-16,27H,3-4,6-7,9-10,13H2,1-2H3,(H,28,33). The number of piperidine rings is 1. The summed E-state index contributed by atoms with van der Waals surface area (Å²) in [7, 11) is 1.40. The van der Waals surface area contributed by atoms with Crippen LogP contribution in [0.15, 0.2) is 24.4 Å². The lowest BCUT2D eigenvalue weighted by atomic mass is 10.0. The molecule has 184 valence electrons. The van der Waals surface area contributed by atoms with Crippen LogP contribution in [0.1, 0.15) is 43.2 Å². The first kappa shape index (κ1) is 23.1. The largest absolute Gasteiger partial charge is 0.494 e. The number of halogens is 1. The van der Waals surface area contributed by atoms with Crippen LogP contribution in [-0.4, -0.2) is 64.5 Å². The molecule has 0 unspecified atom stereocenters. The number of fused-ring (bicyclic) bond motifs is 1. The Bertz CT molecular complexity index is 1260. The van der Waals surface area contributed by atoms with Crippen molar-refractivity contribution in [3.8, 4) is 22.8 Å². The molecule has 35 heavy (non-hydrogen) atoms. The number of carbonyl (C=O) groups is 2. The van der Waals surface area contributed by atoms with Crippen LogP contribution in [0.5, 0.6) is 11.5 Å². The summed E-state index contributed by atoms with van der Waals surface area (Å²) in [4.78, 5) is 38.6. The maximum absolute atomic E-state index is 14.6. The fraction of sp³-hybridized carbons (Fsp3) is 0.440. The number of H-pyrrole nitrogens is 1. The number of benzene rings is 1. The molecule has 5 rings (SSSR count). The van der Waals surface area contributed by atoms with Crippen LogP contribution in [-0.2, 0) is 4.79 Å². The van der Waals surface area contributed by atoms with E-state index in [-0.39, 0.29) is 23.5 Å². The van der Waals surface area contributed by atoms with Crippen molar-refractivity contribution in [2.75, 3.05) is 26.8 Å². The van der Waals surface area contributed by atoms with Crippen molar-refractivity contribution in [3.63, 3.8) is 0 Å². The molecule has 0 atom stereocenters. The quantitative estimate of drug-likeness (QED) is 0.536. The van der Waals surface area contributed by atoms with E-state index in [9.17, 15) is 14.0 Å². The second-order valence-electron chi connectivity index (χ2n) is 9.12. The van der Waals surface area contributed by atoms with E-state index in [0.29, 0.717) is 66.5 Å². The Hall–Kier alpha value is -3.69. The van der Waals surface area contributed by atoms with Gasteiger partial charge in [0.05, 0.1) is 24.8 Å². The number of aromatic nitrogens is 3. The van der Waals surface area contributed by atoms with Crippen LogP contribution < -0.4 is 14.8 Å². The van der Waals surface area contributed by atoms with Gasteiger partial charge in [0, 0.05) is 43.9 Å². The van der Waals surface area contributed by atoms with Crippen molar-refractivity contribution in [3.05, 3.63) is 36.0 Å². The minimum absolute atomic E-state index is 0.0116. The molecule has 1 saturated heterocycles. The molecule has 1 aromatic carbocycles. The first-order valence-electron chi connectivity index (χ1n) is 11.8. The van der Waals surface area contributed by atoms with Crippen LogP contribution in [0.3, 0.4) is 0 Å². The van der Waals surface area contributed by atoms with Gasteiger partial charge < -0.3 is 24.7 Å². The summed E-state index contributed by atoms with van der Waals surface area (Å²) in [5.74, 6) is -0.0146. The topological polar surface area (TPSA) is 109 Å². The number of hydrogen-bond acceptors (Lipinski definition) is 6. The van der Waals surface area contributed by atoms with Gasteiger partial charge in [-0.15, -0.1) is 0 Å². The molecule has 1 aliphatic carbocycles. The Kier molecular flexibility index (Phi) is 6.27. The summed E-state index contributed by atoms with van der Waals surface area (Å²) in [5, 5.41) is 3.00. The van der Waals surface area contributed by atoms with E-state index < -0.39 is 11.7 Å². The van der Waals surface area contributed by atoms with Gasteiger partial charge in [-0.3, -0.25) is 9.59 Å². The first-order chi connectivity index (χ1) is 16.9. The Labute approximate surface area is 202 Å². The van der Waals surface area contributed by atoms with Crippen LogP contribution in [0.4, 0.5) is 4.39 Å². The summed E-state index contributed by atoms with van der Waals surface area (Å²) in [6, 6.07) is 4.53. The van der Waals surface area contributed by atoms with Crippen molar-refractivity contribution in [1.82, 2.24) is 25.2 Å². The number of hydrogen-bond donors (Lipinski definition) is 2. The van der Waals surface area contributed by atoms with Crippen molar-refractivity contribution in [2.45, 2.75) is 38.6 Å². The van der Waals surface area contributed by atoms with Gasteiger partial charge >= 0.3 is 0 Å². The zero-order valence-corrected chi connectivity index (χ0v) is 19.8. The number of likely N-dealkylation sites (tertiary alicyclic amines) is 1. The molecule has 0 radical (unpaired) electrons. The van der Waals surface area contributed by atoms with Crippen molar-refractivity contribution in [2.24, 2.45) is 5.92 Å². The highest BCUT2D eigenvalue weighted by molar-refractivity contribution is 5.97. The average Bonchev–Trinajstić information content (AvgIpc) is 3.56. The lowest BCUT2D eigenvalue weighted by molar-refractivity contribution is -0.129. The van der Waals surface area contributed by atoms with Crippen LogP contribution in [0, 0.1) is 11.7 Å². The van der Waals surface area contributed by atoms with Gasteiger partial charge in [0.15, 0.2) is 11.6 Å². The molecule has 2 aromatic heterocycles. The lowest BCUT2D eigenvalue weighted by Crippen LogP contribution is -2.46. The molecule has 2 aliphatic rings. The number of rotatable bonds is 7. The third kappa shape index (κ3) is 4.91. The number of amides is 2. The second kappa shape index (κ2) is 9.52. The summed E-state index contributed by atoms with van der Waals surface area (Å²) >= 11 is 0. The number of nitrogens with zero attached hydrogens (tertiary/aromatic N) is 3. The predicted molar refractivity (Wildman–Crippen MR) is 127 cm³/mol. The molecule has 1 aliphatic heterocycles. The van der Waals surface area contributed by atoms with E-state index in [1.807, 2.05) is 0 Å². The maximum atomic E-state index is 14.6. The molecule has 2 N–H and O–H groups in total. The molecule has 2 amide bonds. The average molecular weight is 482 g/mol. The van der Waals surface area contributed by atoms with E-state index in [1.54, 1.807) is 30.2 Å². The molecule has 0 bridgehead atoms. The van der Waals surface area contributed by atoms with E-state index in [1.165, 1.54) is 13.2 Å². The summed E-state index contributed by atoms with van der Waals surface area (Å²) in [6.07, 6.45) is 5.24. The molecule has 2 fully saturated rings. The number of nitrogens with one attached hydrogen (secondary N) is 2. The molecular formula is C25H28FN5O4. The first-order valence-corrected chi connectivity index (χ1v) is 11.8. The Morgan fingerprint density at radius 1 is 1.17 bits per heavy atom. The second-order valence-corrected chi connectivity index (χ2v) is 9.12. The molecule has 3 aromatic rings. The van der Waals surface area contributed by atoms with Gasteiger partial charge in [0.1, 0.15) is 11.4 Å². The molecule has 10 heteroatoms. The molecule has 1 saturated carbocycles. The van der Waals surface area contributed by atoms with E-state index in [2.05, 4.69) is 20.3 Å². The number of carbonyl (C=O) groups excluding carboxylic acids is 2. The zero-order chi connectivity index (χ0) is 24.5.